The summed E-state index contributed by atoms with van der Waals surface area (Å²) in [6.07, 6.45) is 0. The van der Waals surface area contributed by atoms with Crippen molar-refractivity contribution >= 4 is 23.2 Å². The highest BCUT2D eigenvalue weighted by Crippen LogP contribution is 2.20. The van der Waals surface area contributed by atoms with Crippen LogP contribution in [0.2, 0.25) is 0 Å². The lowest BCUT2D eigenvalue weighted by molar-refractivity contribution is -0.123. The zero-order valence-corrected chi connectivity index (χ0v) is 12.3. The van der Waals surface area contributed by atoms with Gasteiger partial charge in [0.1, 0.15) is 11.3 Å². The van der Waals surface area contributed by atoms with Crippen molar-refractivity contribution in [1.29, 1.82) is 0 Å². The number of hydrogen-bond donors (Lipinski definition) is 2. The van der Waals surface area contributed by atoms with Gasteiger partial charge in [-0.3, -0.25) is 4.79 Å². The van der Waals surface area contributed by atoms with Gasteiger partial charge < -0.3 is 15.2 Å². The topological polar surface area (TPSA) is 75.6 Å². The Hall–Kier alpha value is -2.34. The van der Waals surface area contributed by atoms with E-state index in [2.05, 4.69) is 5.32 Å². The Bertz CT molecular complexity index is 637. The second-order valence-corrected chi connectivity index (χ2v) is 5.48. The first-order chi connectivity index (χ1) is 10.1. The summed E-state index contributed by atoms with van der Waals surface area (Å²) < 4.78 is 5.30. The van der Waals surface area contributed by atoms with Crippen LogP contribution in [0, 0.1) is 6.92 Å². The molecule has 0 bridgehead atoms. The van der Waals surface area contributed by atoms with Crippen molar-refractivity contribution in [3.05, 3.63) is 51.7 Å². The maximum atomic E-state index is 11.7. The van der Waals surface area contributed by atoms with Crippen LogP contribution in [0.15, 0.2) is 35.7 Å². The molecule has 2 rings (SSSR count). The molecule has 2 N–H and O–H groups in total. The van der Waals surface area contributed by atoms with Gasteiger partial charge in [0, 0.05) is 4.88 Å². The molecule has 1 aromatic heterocycles. The zero-order valence-electron chi connectivity index (χ0n) is 11.5. The summed E-state index contributed by atoms with van der Waals surface area (Å²) in [5, 5.41) is 13.8. The number of thiophene rings is 1. The molecule has 6 heteroatoms. The number of ether oxygens (including phenoxy) is 1. The molecule has 110 valence electrons. The fraction of sp³-hybridized carbons (Fsp3) is 0.200. The summed E-state index contributed by atoms with van der Waals surface area (Å²) in [6.45, 7) is 2.03. The molecule has 0 aliphatic rings. The molecule has 1 aromatic carbocycles. The number of hydrogen-bond acceptors (Lipinski definition) is 4. The van der Waals surface area contributed by atoms with Crippen LogP contribution < -0.4 is 10.1 Å². The molecule has 0 spiro atoms. The van der Waals surface area contributed by atoms with Crippen LogP contribution in [0.3, 0.4) is 0 Å². The van der Waals surface area contributed by atoms with Crippen LogP contribution in [0.4, 0.5) is 0 Å². The lowest BCUT2D eigenvalue weighted by Crippen LogP contribution is -2.28. The van der Waals surface area contributed by atoms with Crippen molar-refractivity contribution in [1.82, 2.24) is 5.32 Å². The van der Waals surface area contributed by atoms with Gasteiger partial charge in [0.25, 0.3) is 5.91 Å². The highest BCUT2D eigenvalue weighted by atomic mass is 32.1. The predicted octanol–water partition coefficient (Wildman–Crippen LogP) is 2.45. The molecule has 1 heterocycles. The minimum Gasteiger partial charge on any atom is -0.483 e. The summed E-state index contributed by atoms with van der Waals surface area (Å²) in [5.41, 5.74) is 0.878. The summed E-state index contributed by atoms with van der Waals surface area (Å²) >= 11 is 1.55. The van der Waals surface area contributed by atoms with Gasteiger partial charge in [-0.1, -0.05) is 17.7 Å². The van der Waals surface area contributed by atoms with Gasteiger partial charge in [-0.05, 0) is 30.5 Å². The number of benzene rings is 1. The fourth-order valence-corrected chi connectivity index (χ4v) is 2.37. The number of amides is 1. The second kappa shape index (κ2) is 6.90. The van der Waals surface area contributed by atoms with Gasteiger partial charge in [-0.15, -0.1) is 11.3 Å². The Labute approximate surface area is 126 Å². The number of carbonyl (C=O) groups is 2. The quantitative estimate of drug-likeness (QED) is 0.859. The standard InChI is InChI=1S/C15H15NO4S/c1-10-4-5-13(12(7-10)15(18)19)20-9-14(17)16-8-11-3-2-6-21-11/h2-7H,8-9H2,1H3,(H,16,17)(H,18,19). The molecule has 0 unspecified atom stereocenters. The lowest BCUT2D eigenvalue weighted by Gasteiger charge is -2.10. The Morgan fingerprint density at radius 2 is 2.14 bits per heavy atom. The number of rotatable bonds is 6. The Morgan fingerprint density at radius 3 is 2.81 bits per heavy atom. The molecule has 5 nitrogen and oxygen atoms in total. The van der Waals surface area contributed by atoms with E-state index in [0.29, 0.717) is 6.54 Å². The normalized spacial score (nSPS) is 10.1. The van der Waals surface area contributed by atoms with Crippen molar-refractivity contribution in [3.63, 3.8) is 0 Å². The van der Waals surface area contributed by atoms with E-state index in [1.165, 1.54) is 6.07 Å². The first kappa shape index (κ1) is 15.1. The Kier molecular flexibility index (Phi) is 4.94. The van der Waals surface area contributed by atoms with E-state index >= 15 is 0 Å². The summed E-state index contributed by atoms with van der Waals surface area (Å²) in [7, 11) is 0. The first-order valence-corrected chi connectivity index (χ1v) is 7.20. The van der Waals surface area contributed by atoms with E-state index in [1.807, 2.05) is 17.5 Å². The summed E-state index contributed by atoms with van der Waals surface area (Å²) in [4.78, 5) is 23.8. The number of carboxylic acids is 1. The van der Waals surface area contributed by atoms with E-state index in [4.69, 9.17) is 9.84 Å². The molecular formula is C15H15NO4S. The molecule has 0 aliphatic heterocycles. The highest BCUT2D eigenvalue weighted by molar-refractivity contribution is 7.09. The number of aryl methyl sites for hydroxylation is 1. The molecule has 1 amide bonds. The average Bonchev–Trinajstić information content (AvgIpc) is 2.97. The summed E-state index contributed by atoms with van der Waals surface area (Å²) in [6, 6.07) is 8.65. The maximum absolute atomic E-state index is 11.7. The third-order valence-electron chi connectivity index (χ3n) is 2.76. The molecule has 2 aromatic rings. The molecule has 0 radical (unpaired) electrons. The third-order valence-corrected chi connectivity index (χ3v) is 3.64. The maximum Gasteiger partial charge on any atom is 0.339 e. The van der Waals surface area contributed by atoms with Crippen molar-refractivity contribution in [2.24, 2.45) is 0 Å². The van der Waals surface area contributed by atoms with Gasteiger partial charge in [0.05, 0.1) is 6.54 Å². The molecule has 21 heavy (non-hydrogen) atoms. The monoisotopic (exact) mass is 305 g/mol. The van der Waals surface area contributed by atoms with Crippen LogP contribution in [-0.4, -0.2) is 23.6 Å². The van der Waals surface area contributed by atoms with E-state index in [9.17, 15) is 9.59 Å². The van der Waals surface area contributed by atoms with Crippen LogP contribution in [-0.2, 0) is 11.3 Å². The SMILES string of the molecule is Cc1ccc(OCC(=O)NCc2cccs2)c(C(=O)O)c1. The second-order valence-electron chi connectivity index (χ2n) is 4.45. The number of carbonyl (C=O) groups excluding carboxylic acids is 1. The van der Waals surface area contributed by atoms with E-state index < -0.39 is 5.97 Å². The minimum absolute atomic E-state index is 0.0565. The van der Waals surface area contributed by atoms with Crippen molar-refractivity contribution in [3.8, 4) is 5.75 Å². The Morgan fingerprint density at radius 1 is 1.33 bits per heavy atom. The fourth-order valence-electron chi connectivity index (χ4n) is 1.73. The van der Waals surface area contributed by atoms with E-state index in [-0.39, 0.29) is 23.8 Å². The molecule has 0 saturated heterocycles. The number of aromatic carboxylic acids is 1. The van der Waals surface area contributed by atoms with Crippen LogP contribution in [0.25, 0.3) is 0 Å². The van der Waals surface area contributed by atoms with Crippen LogP contribution in [0.1, 0.15) is 20.8 Å². The first-order valence-electron chi connectivity index (χ1n) is 6.32. The zero-order chi connectivity index (χ0) is 15.2. The molecule has 0 saturated carbocycles. The number of carboxylic acid groups (broad SMARTS) is 1. The third kappa shape index (κ3) is 4.32. The van der Waals surface area contributed by atoms with E-state index in [1.54, 1.807) is 30.4 Å². The van der Waals surface area contributed by atoms with Crippen LogP contribution in [0.5, 0.6) is 5.75 Å². The molecule has 0 aliphatic carbocycles. The molecular weight excluding hydrogens is 290 g/mol. The largest absolute Gasteiger partial charge is 0.483 e. The smallest absolute Gasteiger partial charge is 0.339 e. The Balaban J connectivity index is 1.90. The van der Waals surface area contributed by atoms with Gasteiger partial charge in [-0.25, -0.2) is 4.79 Å². The van der Waals surface area contributed by atoms with Crippen LogP contribution >= 0.6 is 11.3 Å². The van der Waals surface area contributed by atoms with Crippen molar-refractivity contribution in [2.45, 2.75) is 13.5 Å². The van der Waals surface area contributed by atoms with Gasteiger partial charge in [0.15, 0.2) is 6.61 Å². The van der Waals surface area contributed by atoms with Gasteiger partial charge >= 0.3 is 5.97 Å². The molecule has 0 atom stereocenters. The summed E-state index contributed by atoms with van der Waals surface area (Å²) in [5.74, 6) is -1.17. The lowest BCUT2D eigenvalue weighted by atomic mass is 10.1. The van der Waals surface area contributed by atoms with Crippen molar-refractivity contribution in [2.75, 3.05) is 6.61 Å². The van der Waals surface area contributed by atoms with Crippen molar-refractivity contribution < 1.29 is 19.4 Å². The van der Waals surface area contributed by atoms with Gasteiger partial charge in [-0.2, -0.15) is 0 Å². The van der Waals surface area contributed by atoms with Gasteiger partial charge in [0.2, 0.25) is 0 Å². The molecule has 0 fully saturated rings. The number of nitrogens with one attached hydrogen (secondary N) is 1. The highest BCUT2D eigenvalue weighted by Gasteiger charge is 2.12. The van der Waals surface area contributed by atoms with E-state index in [0.717, 1.165) is 10.4 Å². The predicted molar refractivity (Wildman–Crippen MR) is 79.8 cm³/mol. The average molecular weight is 305 g/mol. The minimum atomic E-state index is -1.08.